The molecule has 2 heterocycles. The number of aryl methyl sites for hydroxylation is 1. The Labute approximate surface area is 212 Å². The van der Waals surface area contributed by atoms with Crippen LogP contribution in [-0.4, -0.2) is 50.7 Å². The maximum atomic E-state index is 13.6. The molecule has 9 nitrogen and oxygen atoms in total. The van der Waals surface area contributed by atoms with Crippen LogP contribution in [0.4, 0.5) is 13.6 Å². The van der Waals surface area contributed by atoms with E-state index < -0.39 is 12.5 Å². The van der Waals surface area contributed by atoms with Gasteiger partial charge in [-0.25, -0.2) is 23.5 Å². The smallest absolute Gasteiger partial charge is 0.404 e. The van der Waals surface area contributed by atoms with Crippen molar-refractivity contribution in [3.8, 4) is 17.0 Å². The number of aromatic nitrogens is 3. The van der Waals surface area contributed by atoms with Crippen molar-refractivity contribution in [3.05, 3.63) is 41.3 Å². The molecule has 2 saturated carbocycles. The summed E-state index contributed by atoms with van der Waals surface area (Å²) in [7, 11) is 0. The van der Waals surface area contributed by atoms with Crippen LogP contribution < -0.4 is 15.4 Å². The van der Waals surface area contributed by atoms with Gasteiger partial charge in [0, 0.05) is 28.9 Å². The average molecular weight is 514 g/mol. The van der Waals surface area contributed by atoms with Crippen LogP contribution in [0.1, 0.15) is 60.6 Å². The molecule has 0 aliphatic heterocycles. The van der Waals surface area contributed by atoms with Crippen LogP contribution in [0.5, 0.6) is 5.75 Å². The number of benzene rings is 1. The Morgan fingerprint density at radius 2 is 2.00 bits per heavy atom. The number of hydrogen-bond acceptors (Lipinski definition) is 5. The Hall–Kier alpha value is -3.76. The number of rotatable bonds is 8. The lowest BCUT2D eigenvalue weighted by molar-refractivity contribution is 0.0938. The van der Waals surface area contributed by atoms with Gasteiger partial charge in [0.25, 0.3) is 12.3 Å². The van der Waals surface area contributed by atoms with Crippen molar-refractivity contribution in [2.45, 2.75) is 58.0 Å². The number of carbonyl (C=O) groups is 2. The molecule has 0 bridgehead atoms. The summed E-state index contributed by atoms with van der Waals surface area (Å²) in [5.41, 5.74) is 2.37. The number of ether oxygens (including phenoxy) is 1. The summed E-state index contributed by atoms with van der Waals surface area (Å²) in [5, 5.41) is 14.6. The van der Waals surface area contributed by atoms with E-state index in [0.29, 0.717) is 64.7 Å². The van der Waals surface area contributed by atoms with Crippen LogP contribution in [-0.2, 0) is 0 Å². The number of fused-ring (bicyclic) bond motifs is 1. The molecular formula is C26H29F2N5O4. The molecule has 5 rings (SSSR count). The van der Waals surface area contributed by atoms with Gasteiger partial charge in [0.05, 0.1) is 17.7 Å². The number of nitrogens with zero attached hydrogens (tertiary/aromatic N) is 2. The largest absolute Gasteiger partial charge is 0.493 e. The van der Waals surface area contributed by atoms with Gasteiger partial charge in [-0.05, 0) is 62.6 Å². The van der Waals surface area contributed by atoms with Gasteiger partial charge in [0.15, 0.2) is 0 Å². The van der Waals surface area contributed by atoms with E-state index in [-0.39, 0.29) is 29.5 Å². The van der Waals surface area contributed by atoms with Gasteiger partial charge < -0.3 is 25.5 Å². The Morgan fingerprint density at radius 1 is 1.22 bits per heavy atom. The Kier molecular flexibility index (Phi) is 6.70. The first-order valence-electron chi connectivity index (χ1n) is 12.4. The molecule has 1 aromatic carbocycles. The highest BCUT2D eigenvalue weighted by Crippen LogP contribution is 2.38. The highest BCUT2D eigenvalue weighted by molar-refractivity contribution is 6.09. The molecule has 196 valence electrons. The monoisotopic (exact) mass is 513 g/mol. The average Bonchev–Trinajstić information content (AvgIpc) is 3.52. The molecular weight excluding hydrogens is 484 g/mol. The molecule has 37 heavy (non-hydrogen) atoms. The van der Waals surface area contributed by atoms with E-state index >= 15 is 0 Å². The fourth-order valence-corrected chi connectivity index (χ4v) is 5.07. The highest BCUT2D eigenvalue weighted by Gasteiger charge is 2.34. The van der Waals surface area contributed by atoms with Crippen molar-refractivity contribution >= 4 is 23.0 Å². The van der Waals surface area contributed by atoms with Crippen molar-refractivity contribution in [1.82, 2.24) is 25.6 Å². The van der Waals surface area contributed by atoms with E-state index in [2.05, 4.69) is 25.6 Å². The minimum absolute atomic E-state index is 0.0792. The number of H-pyrrole nitrogens is 1. The first-order valence-corrected chi connectivity index (χ1v) is 12.4. The molecule has 2 aromatic heterocycles. The van der Waals surface area contributed by atoms with E-state index in [1.54, 1.807) is 13.0 Å². The van der Waals surface area contributed by atoms with E-state index in [1.165, 1.54) is 18.5 Å². The van der Waals surface area contributed by atoms with Crippen molar-refractivity contribution < 1.29 is 28.2 Å². The first-order chi connectivity index (χ1) is 17.7. The summed E-state index contributed by atoms with van der Waals surface area (Å²) in [6, 6.07) is 3.83. The minimum atomic E-state index is -2.66. The zero-order valence-corrected chi connectivity index (χ0v) is 20.6. The normalized spacial score (nSPS) is 21.4. The quantitative estimate of drug-likeness (QED) is 0.342. The van der Waals surface area contributed by atoms with Crippen molar-refractivity contribution in [3.63, 3.8) is 0 Å². The standard InChI is InChI=1S/C26H29F2N5O4/c1-12-7-16(9-18(12)33-26(35)36)32-25(34)20-13(2)31-23-21(29-11-30-22(20)23)17-8-15(24(27)28)5-6-19(17)37-10-14-3-4-14/h5-6,8,11-12,14,16,18,24,31,33H,3-4,7,9-10H2,1-2H3,(H,32,34)(H,35,36)/t12-,16+,18-/m0/s1. The molecule has 0 spiro atoms. The third kappa shape index (κ3) is 5.21. The lowest BCUT2D eigenvalue weighted by atomic mass is 10.0. The molecule has 4 N–H and O–H groups in total. The third-order valence-corrected chi connectivity index (χ3v) is 7.21. The molecule has 3 aromatic rings. The fourth-order valence-electron chi connectivity index (χ4n) is 5.07. The zero-order valence-electron chi connectivity index (χ0n) is 20.6. The lowest BCUT2D eigenvalue weighted by Gasteiger charge is -2.14. The highest BCUT2D eigenvalue weighted by atomic mass is 19.3. The predicted molar refractivity (Wildman–Crippen MR) is 132 cm³/mol. The van der Waals surface area contributed by atoms with Crippen LogP contribution >= 0.6 is 0 Å². The second-order valence-electron chi connectivity index (χ2n) is 10.1. The van der Waals surface area contributed by atoms with E-state index in [4.69, 9.17) is 9.84 Å². The Balaban J connectivity index is 1.46. The fraction of sp³-hybridized carbons (Fsp3) is 0.462. The van der Waals surface area contributed by atoms with Crippen LogP contribution in [0.15, 0.2) is 24.5 Å². The maximum Gasteiger partial charge on any atom is 0.404 e. The summed E-state index contributed by atoms with van der Waals surface area (Å²) in [6.45, 7) is 4.19. The molecule has 2 amide bonds. The number of alkyl halides is 2. The number of aromatic amines is 1. The SMILES string of the molecule is Cc1[nH]c2c(-c3cc(C(F)F)ccc3OCC3CC3)ncnc2c1C(=O)N[C@H]1C[C@H](NC(=O)O)[C@@H](C)C1. The van der Waals surface area contributed by atoms with Gasteiger partial charge >= 0.3 is 6.09 Å². The van der Waals surface area contributed by atoms with E-state index in [1.807, 2.05) is 6.92 Å². The summed E-state index contributed by atoms with van der Waals surface area (Å²) in [4.78, 5) is 36.3. The second kappa shape index (κ2) is 9.95. The number of nitrogens with one attached hydrogen (secondary N) is 3. The second-order valence-corrected chi connectivity index (χ2v) is 10.1. The van der Waals surface area contributed by atoms with Gasteiger partial charge in [0.1, 0.15) is 23.3 Å². The van der Waals surface area contributed by atoms with Crippen molar-refractivity contribution in [1.29, 1.82) is 0 Å². The van der Waals surface area contributed by atoms with E-state index in [9.17, 15) is 18.4 Å². The van der Waals surface area contributed by atoms with Crippen molar-refractivity contribution in [2.75, 3.05) is 6.61 Å². The molecule has 2 aliphatic rings. The van der Waals surface area contributed by atoms with Crippen LogP contribution in [0.2, 0.25) is 0 Å². The number of hydrogen-bond donors (Lipinski definition) is 4. The minimum Gasteiger partial charge on any atom is -0.493 e. The number of amides is 2. The predicted octanol–water partition coefficient (Wildman–Crippen LogP) is 4.82. The summed E-state index contributed by atoms with van der Waals surface area (Å²) >= 11 is 0. The number of carboxylic acid groups (broad SMARTS) is 1. The molecule has 0 radical (unpaired) electrons. The molecule has 2 aliphatic carbocycles. The van der Waals surface area contributed by atoms with Gasteiger partial charge in [-0.15, -0.1) is 0 Å². The first kappa shape index (κ1) is 24.9. The molecule has 0 unspecified atom stereocenters. The summed E-state index contributed by atoms with van der Waals surface area (Å²) in [6.07, 6.45) is 0.868. The molecule has 11 heteroatoms. The van der Waals surface area contributed by atoms with Gasteiger partial charge in [0.2, 0.25) is 0 Å². The Bertz CT molecular complexity index is 1340. The Morgan fingerprint density at radius 3 is 2.70 bits per heavy atom. The van der Waals surface area contributed by atoms with Gasteiger partial charge in [-0.2, -0.15) is 0 Å². The van der Waals surface area contributed by atoms with E-state index in [0.717, 1.165) is 12.8 Å². The van der Waals surface area contributed by atoms with Gasteiger partial charge in [-0.3, -0.25) is 4.79 Å². The summed E-state index contributed by atoms with van der Waals surface area (Å²) in [5.74, 6) is 0.662. The lowest BCUT2D eigenvalue weighted by Crippen LogP contribution is -2.37. The number of halogens is 2. The van der Waals surface area contributed by atoms with Crippen molar-refractivity contribution in [2.24, 2.45) is 11.8 Å². The topological polar surface area (TPSA) is 129 Å². The molecule has 0 saturated heterocycles. The van der Waals surface area contributed by atoms with Crippen LogP contribution in [0, 0.1) is 18.8 Å². The molecule has 3 atom stereocenters. The maximum absolute atomic E-state index is 13.6. The molecule has 2 fully saturated rings. The number of carbonyl (C=O) groups excluding carboxylic acids is 1. The summed E-state index contributed by atoms with van der Waals surface area (Å²) < 4.78 is 33.1. The zero-order chi connectivity index (χ0) is 26.3. The third-order valence-electron chi connectivity index (χ3n) is 7.21. The van der Waals surface area contributed by atoms with Crippen LogP contribution in [0.3, 0.4) is 0 Å². The van der Waals surface area contributed by atoms with Crippen LogP contribution in [0.25, 0.3) is 22.3 Å². The van der Waals surface area contributed by atoms with Gasteiger partial charge in [-0.1, -0.05) is 6.92 Å².